The quantitative estimate of drug-likeness (QED) is 0.449. The number of hydrogen-bond donors (Lipinski definition) is 3. The highest BCUT2D eigenvalue weighted by atomic mass is 32.2. The monoisotopic (exact) mass is 240 g/mol. The van der Waals surface area contributed by atoms with Crippen LogP contribution in [0.5, 0.6) is 0 Å². The normalized spacial score (nSPS) is 11.0. The molecule has 4 N–H and O–H groups in total. The predicted molar refractivity (Wildman–Crippen MR) is 49.4 cm³/mol. The fourth-order valence-corrected chi connectivity index (χ4v) is 1.00. The van der Waals surface area contributed by atoms with Gasteiger partial charge in [0, 0.05) is 6.54 Å². The van der Waals surface area contributed by atoms with Crippen LogP contribution in [0.3, 0.4) is 0 Å². The standard InChI is InChI=1S/C6H12N2O6S/c7-15(12,13)2-1-8-5(9)3-14-4-6(10)11/h1-4H2,(H,8,9)(H,10,11)(H2,7,12,13). The van der Waals surface area contributed by atoms with Crippen LogP contribution in [0, 0.1) is 0 Å². The molecule has 0 fully saturated rings. The number of ether oxygens (including phenoxy) is 1. The fourth-order valence-electron chi connectivity index (χ4n) is 0.615. The minimum atomic E-state index is -3.60. The molecule has 0 aliphatic carbocycles. The summed E-state index contributed by atoms with van der Waals surface area (Å²) in [6.07, 6.45) is 0. The van der Waals surface area contributed by atoms with E-state index in [2.05, 4.69) is 15.2 Å². The van der Waals surface area contributed by atoms with Gasteiger partial charge < -0.3 is 15.2 Å². The van der Waals surface area contributed by atoms with Gasteiger partial charge in [0.05, 0.1) is 5.75 Å². The van der Waals surface area contributed by atoms with Crippen molar-refractivity contribution in [1.29, 1.82) is 0 Å². The molecule has 9 heteroatoms. The molecule has 0 radical (unpaired) electrons. The molecule has 0 aromatic heterocycles. The molecule has 8 nitrogen and oxygen atoms in total. The van der Waals surface area contributed by atoms with Gasteiger partial charge in [0.2, 0.25) is 15.9 Å². The minimum Gasteiger partial charge on any atom is -0.480 e. The van der Waals surface area contributed by atoms with E-state index in [1.165, 1.54) is 0 Å². The van der Waals surface area contributed by atoms with Crippen LogP contribution in [0.25, 0.3) is 0 Å². The second kappa shape index (κ2) is 6.32. The molecule has 0 aliphatic rings. The lowest BCUT2D eigenvalue weighted by molar-refractivity contribution is -0.143. The topological polar surface area (TPSA) is 136 Å². The second-order valence-electron chi connectivity index (χ2n) is 2.60. The van der Waals surface area contributed by atoms with E-state index in [1.54, 1.807) is 0 Å². The Kier molecular flexibility index (Phi) is 5.82. The van der Waals surface area contributed by atoms with Crippen molar-refractivity contribution in [3.63, 3.8) is 0 Å². The van der Waals surface area contributed by atoms with Crippen molar-refractivity contribution in [2.75, 3.05) is 25.5 Å². The first kappa shape index (κ1) is 13.8. The number of carboxylic acids is 1. The van der Waals surface area contributed by atoms with Crippen molar-refractivity contribution < 1.29 is 27.9 Å². The highest BCUT2D eigenvalue weighted by Gasteiger charge is 2.06. The molecule has 1 amide bonds. The lowest BCUT2D eigenvalue weighted by Gasteiger charge is -2.03. The predicted octanol–water partition coefficient (Wildman–Crippen LogP) is -2.51. The third-order valence-corrected chi connectivity index (χ3v) is 1.94. The van der Waals surface area contributed by atoms with Gasteiger partial charge in [0.1, 0.15) is 13.2 Å². The first-order valence-corrected chi connectivity index (χ1v) is 5.59. The molecule has 0 aliphatic heterocycles. The van der Waals surface area contributed by atoms with Crippen molar-refractivity contribution in [2.45, 2.75) is 0 Å². The first-order chi connectivity index (χ1) is 6.81. The Balaban J connectivity index is 3.54. The van der Waals surface area contributed by atoms with Gasteiger partial charge >= 0.3 is 5.97 Å². The van der Waals surface area contributed by atoms with Crippen LogP contribution in [0.15, 0.2) is 0 Å². The maximum atomic E-state index is 10.8. The largest absolute Gasteiger partial charge is 0.480 e. The molecule has 0 saturated carbocycles. The van der Waals surface area contributed by atoms with Crippen molar-refractivity contribution >= 4 is 21.9 Å². The molecule has 0 rings (SSSR count). The van der Waals surface area contributed by atoms with Gasteiger partial charge in [0.25, 0.3) is 0 Å². The van der Waals surface area contributed by atoms with E-state index in [1.807, 2.05) is 0 Å². The Labute approximate surface area is 86.4 Å². The number of carbonyl (C=O) groups is 2. The zero-order valence-electron chi connectivity index (χ0n) is 7.80. The Morgan fingerprint density at radius 1 is 1.33 bits per heavy atom. The Morgan fingerprint density at radius 3 is 2.40 bits per heavy atom. The van der Waals surface area contributed by atoms with E-state index in [0.29, 0.717) is 0 Å². The van der Waals surface area contributed by atoms with Crippen LogP contribution in [0.4, 0.5) is 0 Å². The van der Waals surface area contributed by atoms with Crippen molar-refractivity contribution in [2.24, 2.45) is 5.14 Å². The average molecular weight is 240 g/mol. The van der Waals surface area contributed by atoms with E-state index >= 15 is 0 Å². The number of amides is 1. The zero-order chi connectivity index (χ0) is 11.9. The molecule has 88 valence electrons. The summed E-state index contributed by atoms with van der Waals surface area (Å²) >= 11 is 0. The number of carboxylic acid groups (broad SMARTS) is 1. The molecule has 0 aromatic carbocycles. The highest BCUT2D eigenvalue weighted by Crippen LogP contribution is 1.78. The third-order valence-electron chi connectivity index (χ3n) is 1.17. The highest BCUT2D eigenvalue weighted by molar-refractivity contribution is 7.89. The molecule has 0 bridgehead atoms. The van der Waals surface area contributed by atoms with Gasteiger partial charge in [-0.3, -0.25) is 4.79 Å². The van der Waals surface area contributed by atoms with Gasteiger partial charge in [-0.05, 0) is 0 Å². The summed E-state index contributed by atoms with van der Waals surface area (Å²) in [6, 6.07) is 0. The number of rotatable bonds is 7. The van der Waals surface area contributed by atoms with Gasteiger partial charge in [-0.1, -0.05) is 0 Å². The number of aliphatic carboxylic acids is 1. The molecule has 0 atom stereocenters. The SMILES string of the molecule is NS(=O)(=O)CCNC(=O)COCC(=O)O. The zero-order valence-corrected chi connectivity index (χ0v) is 8.62. The van der Waals surface area contributed by atoms with Crippen molar-refractivity contribution in [3.05, 3.63) is 0 Å². The van der Waals surface area contributed by atoms with Gasteiger partial charge in [-0.25, -0.2) is 18.4 Å². The summed E-state index contributed by atoms with van der Waals surface area (Å²) < 4.78 is 25.3. The summed E-state index contributed by atoms with van der Waals surface area (Å²) in [7, 11) is -3.60. The van der Waals surface area contributed by atoms with E-state index in [4.69, 9.17) is 5.11 Å². The van der Waals surface area contributed by atoms with Crippen LogP contribution >= 0.6 is 0 Å². The smallest absolute Gasteiger partial charge is 0.329 e. The Hall–Kier alpha value is -1.19. The van der Waals surface area contributed by atoms with Crippen LogP contribution in [0.1, 0.15) is 0 Å². The number of nitrogens with one attached hydrogen (secondary N) is 1. The van der Waals surface area contributed by atoms with E-state index in [-0.39, 0.29) is 12.3 Å². The first-order valence-electron chi connectivity index (χ1n) is 3.88. The Morgan fingerprint density at radius 2 is 1.93 bits per heavy atom. The summed E-state index contributed by atoms with van der Waals surface area (Å²) in [4.78, 5) is 20.8. The van der Waals surface area contributed by atoms with Gasteiger partial charge in [-0.15, -0.1) is 0 Å². The molecule has 0 spiro atoms. The number of nitrogens with two attached hydrogens (primary N) is 1. The second-order valence-corrected chi connectivity index (χ2v) is 4.34. The van der Waals surface area contributed by atoms with Crippen molar-refractivity contribution in [1.82, 2.24) is 5.32 Å². The maximum Gasteiger partial charge on any atom is 0.329 e. The number of sulfonamides is 1. The third kappa shape index (κ3) is 10.7. The fraction of sp³-hybridized carbons (Fsp3) is 0.667. The summed E-state index contributed by atoms with van der Waals surface area (Å²) in [5.74, 6) is -2.16. The molecule has 0 heterocycles. The van der Waals surface area contributed by atoms with Crippen LogP contribution < -0.4 is 10.5 Å². The van der Waals surface area contributed by atoms with E-state index < -0.39 is 35.1 Å². The number of carbonyl (C=O) groups excluding carboxylic acids is 1. The molecule has 0 unspecified atom stereocenters. The summed E-state index contributed by atoms with van der Waals surface area (Å²) in [6.45, 7) is -1.15. The maximum absolute atomic E-state index is 10.8. The molecule has 0 saturated heterocycles. The summed E-state index contributed by atoms with van der Waals surface area (Å²) in [5, 5.41) is 15.0. The molecule has 0 aromatic rings. The number of hydrogen-bond acceptors (Lipinski definition) is 5. The molecular weight excluding hydrogens is 228 g/mol. The van der Waals surface area contributed by atoms with Crippen LogP contribution in [0.2, 0.25) is 0 Å². The van der Waals surface area contributed by atoms with Crippen LogP contribution in [-0.2, 0) is 24.3 Å². The van der Waals surface area contributed by atoms with Crippen LogP contribution in [-0.4, -0.2) is 50.9 Å². The average Bonchev–Trinajstić information content (AvgIpc) is 2.00. The Bertz CT molecular complexity index is 325. The summed E-state index contributed by atoms with van der Waals surface area (Å²) in [5.41, 5.74) is 0. The lowest BCUT2D eigenvalue weighted by atomic mass is 10.6. The van der Waals surface area contributed by atoms with Gasteiger partial charge in [0.15, 0.2) is 0 Å². The number of primary sulfonamides is 1. The molecular formula is C6H12N2O6S. The molecule has 15 heavy (non-hydrogen) atoms. The van der Waals surface area contributed by atoms with E-state index in [9.17, 15) is 18.0 Å². The van der Waals surface area contributed by atoms with E-state index in [0.717, 1.165) is 0 Å². The van der Waals surface area contributed by atoms with Crippen molar-refractivity contribution in [3.8, 4) is 0 Å². The lowest BCUT2D eigenvalue weighted by Crippen LogP contribution is -2.34. The minimum absolute atomic E-state index is 0.131. The van der Waals surface area contributed by atoms with Gasteiger partial charge in [-0.2, -0.15) is 0 Å².